The Kier molecular flexibility index (Phi) is 12.8. The van der Waals surface area contributed by atoms with Crippen molar-refractivity contribution in [1.29, 1.82) is 0 Å². The first-order valence-corrected chi connectivity index (χ1v) is 13.7. The molecule has 0 saturated heterocycles. The van der Waals surface area contributed by atoms with Crippen LogP contribution in [0.15, 0.2) is 36.4 Å². The van der Waals surface area contributed by atoms with E-state index in [-0.39, 0.29) is 24.8 Å². The summed E-state index contributed by atoms with van der Waals surface area (Å²) in [5, 5.41) is 10.9. The van der Waals surface area contributed by atoms with Crippen molar-refractivity contribution in [2.45, 2.75) is 78.4 Å². The smallest absolute Gasteiger partial charge is 0.253 e. The van der Waals surface area contributed by atoms with E-state index in [2.05, 4.69) is 6.92 Å². The highest BCUT2D eigenvalue weighted by molar-refractivity contribution is 6.00. The number of unbranched alkanes of at least 4 members (excludes halogenated alkanes) is 2. The zero-order chi connectivity index (χ0) is 28.2. The van der Waals surface area contributed by atoms with Crippen LogP contribution < -0.4 is 5.73 Å². The van der Waals surface area contributed by atoms with E-state index in [1.807, 2.05) is 20.8 Å². The molecule has 8 heteroatoms. The highest BCUT2D eigenvalue weighted by atomic mass is 19.1. The lowest BCUT2D eigenvalue weighted by Crippen LogP contribution is -2.47. The molecule has 6 nitrogen and oxygen atoms in total. The van der Waals surface area contributed by atoms with Gasteiger partial charge >= 0.3 is 0 Å². The molecule has 0 saturated carbocycles. The molecule has 38 heavy (non-hydrogen) atoms. The number of nitrogens with zero attached hydrogens (tertiary/aromatic N) is 2. The largest absolute Gasteiger partial charge is 0.390 e. The first-order valence-electron chi connectivity index (χ1n) is 13.7. The number of hydrogen-bond acceptors (Lipinski definition) is 4. The summed E-state index contributed by atoms with van der Waals surface area (Å²) in [7, 11) is 0. The van der Waals surface area contributed by atoms with Crippen LogP contribution in [0.2, 0.25) is 0 Å². The number of carbonyl (C=O) groups excluding carboxylic acids is 2. The predicted molar refractivity (Wildman–Crippen MR) is 147 cm³/mol. The van der Waals surface area contributed by atoms with Gasteiger partial charge < -0.3 is 20.6 Å². The zero-order valence-corrected chi connectivity index (χ0v) is 23.2. The number of halogens is 2. The Morgan fingerprint density at radius 3 is 1.89 bits per heavy atom. The van der Waals surface area contributed by atoms with E-state index >= 15 is 0 Å². The molecule has 3 N–H and O–H groups in total. The second-order valence-electron chi connectivity index (χ2n) is 10.1. The van der Waals surface area contributed by atoms with Gasteiger partial charge in [-0.05, 0) is 74.1 Å². The van der Waals surface area contributed by atoms with E-state index in [4.69, 9.17) is 5.73 Å². The first kappa shape index (κ1) is 31.4. The second kappa shape index (κ2) is 15.5. The lowest BCUT2D eigenvalue weighted by molar-refractivity contribution is 0.0569. The summed E-state index contributed by atoms with van der Waals surface area (Å²) in [5.41, 5.74) is 8.17. The minimum Gasteiger partial charge on any atom is -0.390 e. The zero-order valence-electron chi connectivity index (χ0n) is 23.2. The number of aryl methyl sites for hydroxylation is 1. The molecule has 0 aliphatic carbocycles. The van der Waals surface area contributed by atoms with E-state index in [9.17, 15) is 23.5 Å². The fourth-order valence-electron chi connectivity index (χ4n) is 4.58. The molecule has 0 unspecified atom stereocenters. The van der Waals surface area contributed by atoms with Crippen molar-refractivity contribution in [3.05, 3.63) is 70.3 Å². The summed E-state index contributed by atoms with van der Waals surface area (Å²) in [6, 6.07) is 7.50. The molecule has 0 radical (unpaired) electrons. The molecule has 2 rings (SSSR count). The fraction of sp³-hybridized carbons (Fsp3) is 0.533. The normalized spacial score (nSPS) is 12.7. The third-order valence-electron chi connectivity index (χ3n) is 6.46. The first-order chi connectivity index (χ1) is 18.1. The van der Waals surface area contributed by atoms with Crippen LogP contribution in [0.5, 0.6) is 0 Å². The van der Waals surface area contributed by atoms with Gasteiger partial charge in [-0.15, -0.1) is 0 Å². The highest BCUT2D eigenvalue weighted by Crippen LogP contribution is 2.17. The van der Waals surface area contributed by atoms with Gasteiger partial charge in [0, 0.05) is 49.4 Å². The number of carbonyl (C=O) groups is 2. The van der Waals surface area contributed by atoms with Gasteiger partial charge in [-0.3, -0.25) is 9.59 Å². The summed E-state index contributed by atoms with van der Waals surface area (Å²) < 4.78 is 27.2. The highest BCUT2D eigenvalue weighted by Gasteiger charge is 2.25. The standard InChI is InChI=1S/C30H43F2N3O3/c1-5-8-9-12-35(20-28(36)27(33)17-22-15-25(31)19-26(32)16-22)30(38)24-14-21(4)13-23(18-24)29(37)34(10-6-2)11-7-3/h13-16,18-19,27-28,36H,5-12,17,20,33H2,1-4H3/t27-,28+/m0/s1. The Balaban J connectivity index is 2.25. The van der Waals surface area contributed by atoms with Crippen molar-refractivity contribution in [1.82, 2.24) is 9.80 Å². The molecule has 2 amide bonds. The van der Waals surface area contributed by atoms with Crippen molar-refractivity contribution >= 4 is 11.8 Å². The van der Waals surface area contributed by atoms with Crippen LogP contribution in [0.25, 0.3) is 0 Å². The number of aliphatic hydroxyl groups is 1. The Morgan fingerprint density at radius 1 is 0.816 bits per heavy atom. The Bertz CT molecular complexity index is 1040. The maximum atomic E-state index is 13.6. The average Bonchev–Trinajstić information content (AvgIpc) is 2.86. The number of aliphatic hydroxyl groups excluding tert-OH is 1. The Morgan fingerprint density at radius 2 is 1.37 bits per heavy atom. The van der Waals surface area contributed by atoms with Gasteiger partial charge in [0.25, 0.3) is 11.8 Å². The quantitative estimate of drug-likeness (QED) is 0.313. The maximum absolute atomic E-state index is 13.6. The van der Waals surface area contributed by atoms with Crippen LogP contribution in [0.4, 0.5) is 8.78 Å². The molecule has 0 aromatic heterocycles. The lowest BCUT2D eigenvalue weighted by atomic mass is 10.0. The third kappa shape index (κ3) is 9.48. The molecule has 2 aromatic rings. The van der Waals surface area contributed by atoms with Gasteiger partial charge in [0.2, 0.25) is 0 Å². The number of hydrogen-bond donors (Lipinski definition) is 2. The molecule has 210 valence electrons. The van der Waals surface area contributed by atoms with E-state index in [1.54, 1.807) is 28.0 Å². The SMILES string of the molecule is CCCCCN(C[C@@H](O)[C@@H](N)Cc1cc(F)cc(F)c1)C(=O)c1cc(C)cc(C(=O)N(CCC)CCC)c1. The van der Waals surface area contributed by atoms with Crippen molar-refractivity contribution in [2.75, 3.05) is 26.2 Å². The molecule has 0 heterocycles. The Hall–Kier alpha value is -2.84. The minimum absolute atomic E-state index is 0.0312. The number of benzene rings is 2. The van der Waals surface area contributed by atoms with Gasteiger partial charge in [-0.1, -0.05) is 33.6 Å². The summed E-state index contributed by atoms with van der Waals surface area (Å²) in [5.74, 6) is -1.81. The summed E-state index contributed by atoms with van der Waals surface area (Å²) >= 11 is 0. The molecule has 0 aliphatic heterocycles. The van der Waals surface area contributed by atoms with Crippen molar-refractivity contribution < 1.29 is 23.5 Å². The fourth-order valence-corrected chi connectivity index (χ4v) is 4.58. The molecular formula is C30H43F2N3O3. The predicted octanol–water partition coefficient (Wildman–Crippen LogP) is 5.10. The van der Waals surface area contributed by atoms with Crippen LogP contribution in [-0.2, 0) is 6.42 Å². The van der Waals surface area contributed by atoms with Gasteiger partial charge in [0.15, 0.2) is 0 Å². The van der Waals surface area contributed by atoms with Crippen LogP contribution >= 0.6 is 0 Å². The number of nitrogens with two attached hydrogens (primary N) is 1. The van der Waals surface area contributed by atoms with Crippen molar-refractivity contribution in [3.8, 4) is 0 Å². The van der Waals surface area contributed by atoms with Crippen molar-refractivity contribution in [2.24, 2.45) is 5.73 Å². The summed E-state index contributed by atoms with van der Waals surface area (Å²) in [6.45, 7) is 9.63. The summed E-state index contributed by atoms with van der Waals surface area (Å²) in [6.07, 6.45) is 3.25. The van der Waals surface area contributed by atoms with Crippen LogP contribution in [-0.4, -0.2) is 65.0 Å². The second-order valence-corrected chi connectivity index (χ2v) is 10.1. The molecule has 0 bridgehead atoms. The monoisotopic (exact) mass is 531 g/mol. The molecule has 2 atom stereocenters. The average molecular weight is 532 g/mol. The summed E-state index contributed by atoms with van der Waals surface area (Å²) in [4.78, 5) is 30.2. The lowest BCUT2D eigenvalue weighted by Gasteiger charge is -2.29. The molecule has 0 fully saturated rings. The van der Waals surface area contributed by atoms with Crippen LogP contribution in [0.3, 0.4) is 0 Å². The Labute approximate surface area is 225 Å². The van der Waals surface area contributed by atoms with Gasteiger partial charge in [-0.2, -0.15) is 0 Å². The minimum atomic E-state index is -1.11. The molecular weight excluding hydrogens is 488 g/mol. The number of amides is 2. The maximum Gasteiger partial charge on any atom is 0.253 e. The molecule has 0 spiro atoms. The van der Waals surface area contributed by atoms with E-state index < -0.39 is 23.8 Å². The van der Waals surface area contributed by atoms with Gasteiger partial charge in [0.1, 0.15) is 11.6 Å². The van der Waals surface area contributed by atoms with E-state index in [0.717, 1.165) is 43.7 Å². The van der Waals surface area contributed by atoms with Gasteiger partial charge in [0.05, 0.1) is 6.10 Å². The van der Waals surface area contributed by atoms with Crippen LogP contribution in [0, 0.1) is 18.6 Å². The van der Waals surface area contributed by atoms with Crippen molar-refractivity contribution in [3.63, 3.8) is 0 Å². The van der Waals surface area contributed by atoms with Gasteiger partial charge in [-0.25, -0.2) is 8.78 Å². The van der Waals surface area contributed by atoms with Crippen LogP contribution in [0.1, 0.15) is 84.7 Å². The molecule has 0 aliphatic rings. The third-order valence-corrected chi connectivity index (χ3v) is 6.46. The number of rotatable bonds is 15. The van der Waals surface area contributed by atoms with E-state index in [1.165, 1.54) is 12.1 Å². The molecule has 2 aromatic carbocycles. The van der Waals surface area contributed by atoms with E-state index in [0.29, 0.717) is 36.3 Å². The topological polar surface area (TPSA) is 86.9 Å².